The zero-order valence-electron chi connectivity index (χ0n) is 12.0. The molecule has 2 rings (SSSR count). The highest BCUT2D eigenvalue weighted by Gasteiger charge is 2.56. The number of likely N-dealkylation sites (tertiary alicyclic amines) is 1. The molecule has 2 N–H and O–H groups in total. The zero-order chi connectivity index (χ0) is 13.9. The fourth-order valence-corrected chi connectivity index (χ4v) is 3.38. The molecule has 5 nitrogen and oxygen atoms in total. The Morgan fingerprint density at radius 2 is 2.16 bits per heavy atom. The molecule has 0 bridgehead atoms. The standard InChI is InChI=1S/C14H26N2O3/c1-3-19-12-10-11(17)14(12)5-8-16(9-6-14)13(18)4-7-15-2/h11-12,15,17H,3-10H2,1-2H3. The Morgan fingerprint density at radius 1 is 1.47 bits per heavy atom. The summed E-state index contributed by atoms with van der Waals surface area (Å²) in [6.45, 7) is 4.93. The van der Waals surface area contributed by atoms with E-state index in [-0.39, 0.29) is 23.5 Å². The number of aliphatic hydroxyl groups is 1. The Bertz CT molecular complexity index is 312. The predicted octanol–water partition coefficient (Wildman–Crippen LogP) is 0.374. The van der Waals surface area contributed by atoms with Crippen molar-refractivity contribution >= 4 is 5.91 Å². The molecule has 19 heavy (non-hydrogen) atoms. The smallest absolute Gasteiger partial charge is 0.223 e. The molecular weight excluding hydrogens is 244 g/mol. The van der Waals surface area contributed by atoms with Crippen LogP contribution in [0.3, 0.4) is 0 Å². The zero-order valence-corrected chi connectivity index (χ0v) is 12.0. The molecule has 1 aliphatic heterocycles. The van der Waals surface area contributed by atoms with E-state index >= 15 is 0 Å². The Hall–Kier alpha value is -0.650. The van der Waals surface area contributed by atoms with Gasteiger partial charge in [0.05, 0.1) is 12.2 Å². The number of ether oxygens (including phenoxy) is 1. The largest absolute Gasteiger partial charge is 0.392 e. The van der Waals surface area contributed by atoms with Crippen molar-refractivity contribution in [2.45, 2.75) is 44.8 Å². The summed E-state index contributed by atoms with van der Waals surface area (Å²) in [5.74, 6) is 0.214. The summed E-state index contributed by atoms with van der Waals surface area (Å²) in [7, 11) is 1.86. The van der Waals surface area contributed by atoms with Gasteiger partial charge in [-0.25, -0.2) is 0 Å². The van der Waals surface area contributed by atoms with Crippen LogP contribution in [0, 0.1) is 5.41 Å². The molecule has 1 spiro atoms. The van der Waals surface area contributed by atoms with Crippen molar-refractivity contribution < 1.29 is 14.6 Å². The lowest BCUT2D eigenvalue weighted by atomic mass is 9.58. The number of hydrogen-bond acceptors (Lipinski definition) is 4. The molecular formula is C14H26N2O3. The second kappa shape index (κ2) is 6.20. The van der Waals surface area contributed by atoms with Crippen molar-refractivity contribution in [3.05, 3.63) is 0 Å². The predicted molar refractivity (Wildman–Crippen MR) is 72.8 cm³/mol. The van der Waals surface area contributed by atoms with E-state index in [9.17, 15) is 9.90 Å². The average molecular weight is 270 g/mol. The highest BCUT2D eigenvalue weighted by Crippen LogP contribution is 2.50. The van der Waals surface area contributed by atoms with Crippen LogP contribution in [-0.4, -0.2) is 61.4 Å². The number of carbonyl (C=O) groups is 1. The van der Waals surface area contributed by atoms with Gasteiger partial charge < -0.3 is 20.1 Å². The van der Waals surface area contributed by atoms with Crippen LogP contribution < -0.4 is 5.32 Å². The number of piperidine rings is 1. The molecule has 5 heteroatoms. The SMILES string of the molecule is CCOC1CC(O)C12CCN(C(=O)CCNC)CC2. The van der Waals surface area contributed by atoms with Crippen LogP contribution in [0.25, 0.3) is 0 Å². The second-order valence-electron chi connectivity index (χ2n) is 5.66. The van der Waals surface area contributed by atoms with E-state index in [0.717, 1.165) is 38.9 Å². The summed E-state index contributed by atoms with van der Waals surface area (Å²) in [5.41, 5.74) is -0.0875. The van der Waals surface area contributed by atoms with Crippen molar-refractivity contribution in [2.24, 2.45) is 5.41 Å². The summed E-state index contributed by atoms with van der Waals surface area (Å²) in [4.78, 5) is 13.9. The molecule has 2 atom stereocenters. The molecule has 1 heterocycles. The lowest BCUT2D eigenvalue weighted by Crippen LogP contribution is -2.62. The molecule has 2 unspecified atom stereocenters. The molecule has 2 fully saturated rings. The van der Waals surface area contributed by atoms with Gasteiger partial charge in [-0.15, -0.1) is 0 Å². The van der Waals surface area contributed by atoms with Crippen LogP contribution in [0.1, 0.15) is 32.6 Å². The van der Waals surface area contributed by atoms with Crippen molar-refractivity contribution in [1.29, 1.82) is 0 Å². The van der Waals surface area contributed by atoms with Crippen molar-refractivity contribution in [3.63, 3.8) is 0 Å². The number of rotatable bonds is 5. The van der Waals surface area contributed by atoms with E-state index in [1.54, 1.807) is 0 Å². The van der Waals surface area contributed by atoms with Gasteiger partial charge in [0.1, 0.15) is 0 Å². The van der Waals surface area contributed by atoms with Gasteiger partial charge >= 0.3 is 0 Å². The molecule has 1 saturated carbocycles. The first-order valence-corrected chi connectivity index (χ1v) is 7.36. The van der Waals surface area contributed by atoms with E-state index in [1.807, 2.05) is 18.9 Å². The van der Waals surface area contributed by atoms with E-state index in [1.165, 1.54) is 0 Å². The molecule has 0 aromatic rings. The van der Waals surface area contributed by atoms with E-state index in [2.05, 4.69) is 5.32 Å². The van der Waals surface area contributed by atoms with Crippen molar-refractivity contribution in [3.8, 4) is 0 Å². The van der Waals surface area contributed by atoms with E-state index in [0.29, 0.717) is 13.0 Å². The van der Waals surface area contributed by atoms with Crippen LogP contribution >= 0.6 is 0 Å². The summed E-state index contributed by atoms with van der Waals surface area (Å²) < 4.78 is 5.73. The van der Waals surface area contributed by atoms with Gasteiger partial charge in [-0.2, -0.15) is 0 Å². The second-order valence-corrected chi connectivity index (χ2v) is 5.66. The van der Waals surface area contributed by atoms with Crippen molar-refractivity contribution in [1.82, 2.24) is 10.2 Å². The molecule has 0 radical (unpaired) electrons. The van der Waals surface area contributed by atoms with Gasteiger partial charge in [-0.05, 0) is 26.8 Å². The van der Waals surface area contributed by atoms with Crippen LogP contribution in [0.5, 0.6) is 0 Å². The highest BCUT2D eigenvalue weighted by molar-refractivity contribution is 5.76. The van der Waals surface area contributed by atoms with Gasteiger partial charge in [0.2, 0.25) is 5.91 Å². The third-order valence-electron chi connectivity index (χ3n) is 4.75. The molecule has 1 amide bonds. The number of hydrogen-bond donors (Lipinski definition) is 2. The summed E-state index contributed by atoms with van der Waals surface area (Å²) in [5, 5.41) is 13.1. The first kappa shape index (κ1) is 14.8. The molecule has 0 aromatic heterocycles. The Balaban J connectivity index is 1.86. The number of aliphatic hydroxyl groups excluding tert-OH is 1. The summed E-state index contributed by atoms with van der Waals surface area (Å²) in [6.07, 6.45) is 2.97. The minimum absolute atomic E-state index is 0.0875. The maximum Gasteiger partial charge on any atom is 0.223 e. The normalized spacial score (nSPS) is 29.3. The lowest BCUT2D eigenvalue weighted by Gasteiger charge is -2.56. The third-order valence-corrected chi connectivity index (χ3v) is 4.75. The lowest BCUT2D eigenvalue weighted by molar-refractivity contribution is -0.210. The molecule has 0 aromatic carbocycles. The summed E-state index contributed by atoms with van der Waals surface area (Å²) >= 11 is 0. The molecule has 110 valence electrons. The first-order chi connectivity index (χ1) is 9.14. The first-order valence-electron chi connectivity index (χ1n) is 7.36. The number of carbonyl (C=O) groups excluding carboxylic acids is 1. The van der Waals surface area contributed by atoms with Gasteiger partial charge in [0.15, 0.2) is 0 Å². The quantitative estimate of drug-likeness (QED) is 0.758. The molecule has 1 saturated heterocycles. The fourth-order valence-electron chi connectivity index (χ4n) is 3.38. The van der Waals surface area contributed by atoms with Crippen LogP contribution in [0.2, 0.25) is 0 Å². The van der Waals surface area contributed by atoms with Gasteiger partial charge in [-0.1, -0.05) is 0 Å². The van der Waals surface area contributed by atoms with Gasteiger partial charge in [0.25, 0.3) is 0 Å². The minimum atomic E-state index is -0.251. The fraction of sp³-hybridized carbons (Fsp3) is 0.929. The van der Waals surface area contributed by atoms with Crippen LogP contribution in [0.4, 0.5) is 0 Å². The maximum absolute atomic E-state index is 12.0. The Morgan fingerprint density at radius 3 is 2.68 bits per heavy atom. The van der Waals surface area contributed by atoms with Crippen LogP contribution in [0.15, 0.2) is 0 Å². The average Bonchev–Trinajstić information content (AvgIpc) is 2.44. The Kier molecular flexibility index (Phi) is 4.81. The maximum atomic E-state index is 12.0. The Labute approximate surface area is 115 Å². The van der Waals surface area contributed by atoms with Gasteiger partial charge in [-0.3, -0.25) is 4.79 Å². The number of amides is 1. The molecule has 1 aliphatic carbocycles. The van der Waals surface area contributed by atoms with E-state index in [4.69, 9.17) is 4.74 Å². The number of nitrogens with one attached hydrogen (secondary N) is 1. The highest BCUT2D eigenvalue weighted by atomic mass is 16.5. The number of nitrogens with zero attached hydrogens (tertiary/aromatic N) is 1. The third kappa shape index (κ3) is 2.78. The summed E-state index contributed by atoms with van der Waals surface area (Å²) in [6, 6.07) is 0. The topological polar surface area (TPSA) is 61.8 Å². The van der Waals surface area contributed by atoms with Gasteiger partial charge in [0, 0.05) is 44.5 Å². The monoisotopic (exact) mass is 270 g/mol. The minimum Gasteiger partial charge on any atom is -0.392 e. The van der Waals surface area contributed by atoms with Crippen molar-refractivity contribution in [2.75, 3.05) is 33.3 Å². The molecule has 2 aliphatic rings. The van der Waals surface area contributed by atoms with E-state index < -0.39 is 0 Å². The van der Waals surface area contributed by atoms with Crippen LogP contribution in [-0.2, 0) is 9.53 Å².